The van der Waals surface area contributed by atoms with Crippen LogP contribution < -0.4 is 5.32 Å². The van der Waals surface area contributed by atoms with Gasteiger partial charge in [-0.25, -0.2) is 4.98 Å². The molecule has 0 bridgehead atoms. The van der Waals surface area contributed by atoms with Crippen molar-refractivity contribution in [1.29, 1.82) is 0 Å². The van der Waals surface area contributed by atoms with E-state index in [2.05, 4.69) is 26.5 Å². The predicted octanol–water partition coefficient (Wildman–Crippen LogP) is 1.34. The highest BCUT2D eigenvalue weighted by molar-refractivity contribution is 5.68. The number of aryl methyl sites for hydroxylation is 1. The maximum Gasteiger partial charge on any atom is 0.305 e. The lowest BCUT2D eigenvalue weighted by Gasteiger charge is -2.08. The van der Waals surface area contributed by atoms with Gasteiger partial charge in [0.1, 0.15) is 5.82 Å². The Labute approximate surface area is 102 Å². The lowest BCUT2D eigenvalue weighted by Crippen LogP contribution is -2.18. The summed E-state index contributed by atoms with van der Waals surface area (Å²) in [5.74, 6) is 0.860. The van der Waals surface area contributed by atoms with Gasteiger partial charge in [0.25, 0.3) is 0 Å². The summed E-state index contributed by atoms with van der Waals surface area (Å²) in [6.45, 7) is 4.71. The molecule has 0 aromatic carbocycles. The van der Waals surface area contributed by atoms with E-state index < -0.39 is 0 Å². The number of carbonyl (C=O) groups is 1. The monoisotopic (exact) mass is 239 g/mol. The van der Waals surface area contributed by atoms with Crippen molar-refractivity contribution < 1.29 is 9.53 Å². The van der Waals surface area contributed by atoms with Crippen molar-refractivity contribution >= 4 is 5.97 Å². The number of methoxy groups -OCH3 is 1. The number of carbonyl (C=O) groups excluding carboxylic acids is 1. The zero-order chi connectivity index (χ0) is 12.5. The number of aromatic nitrogens is 2. The van der Waals surface area contributed by atoms with E-state index >= 15 is 0 Å². The minimum Gasteiger partial charge on any atom is -0.469 e. The van der Waals surface area contributed by atoms with Crippen LogP contribution in [-0.2, 0) is 22.6 Å². The molecule has 1 N–H and O–H groups in total. The Kier molecular flexibility index (Phi) is 6.32. The minimum absolute atomic E-state index is 0.157. The van der Waals surface area contributed by atoms with Crippen molar-refractivity contribution in [3.8, 4) is 0 Å². The molecule has 1 aromatic rings. The van der Waals surface area contributed by atoms with Crippen LogP contribution in [0.15, 0.2) is 12.4 Å². The van der Waals surface area contributed by atoms with Crippen LogP contribution in [0.4, 0.5) is 0 Å². The Morgan fingerprint density at radius 2 is 2.41 bits per heavy atom. The zero-order valence-corrected chi connectivity index (χ0v) is 10.6. The van der Waals surface area contributed by atoms with Gasteiger partial charge in [-0.05, 0) is 19.4 Å². The molecule has 17 heavy (non-hydrogen) atoms. The number of esters is 1. The molecule has 1 rings (SSSR count). The summed E-state index contributed by atoms with van der Waals surface area (Å²) in [5, 5.41) is 3.31. The van der Waals surface area contributed by atoms with Gasteiger partial charge in [-0.2, -0.15) is 0 Å². The van der Waals surface area contributed by atoms with Crippen molar-refractivity contribution in [2.45, 2.75) is 39.3 Å². The van der Waals surface area contributed by atoms with Crippen LogP contribution in [0.5, 0.6) is 0 Å². The van der Waals surface area contributed by atoms with E-state index in [-0.39, 0.29) is 5.97 Å². The van der Waals surface area contributed by atoms with Gasteiger partial charge in [0.15, 0.2) is 0 Å². The molecule has 0 unspecified atom stereocenters. The van der Waals surface area contributed by atoms with E-state index in [1.807, 2.05) is 6.20 Å². The highest BCUT2D eigenvalue weighted by atomic mass is 16.5. The molecule has 5 nitrogen and oxygen atoms in total. The Morgan fingerprint density at radius 3 is 3.12 bits per heavy atom. The standard InChI is InChI=1S/C12H21N3O2/c1-3-6-13-10-11-14-7-9-15(11)8-4-5-12(16)17-2/h7,9,13H,3-6,8,10H2,1-2H3. The van der Waals surface area contributed by atoms with Crippen molar-refractivity contribution in [3.63, 3.8) is 0 Å². The summed E-state index contributed by atoms with van der Waals surface area (Å²) < 4.78 is 6.68. The average molecular weight is 239 g/mol. The van der Waals surface area contributed by atoms with Gasteiger partial charge in [0, 0.05) is 25.4 Å². The second-order valence-electron chi connectivity index (χ2n) is 3.89. The lowest BCUT2D eigenvalue weighted by atomic mass is 10.3. The molecule has 1 heterocycles. The Hall–Kier alpha value is -1.36. The number of ether oxygens (including phenoxy) is 1. The first kappa shape index (κ1) is 13.7. The molecule has 0 amide bonds. The van der Waals surface area contributed by atoms with Gasteiger partial charge < -0.3 is 14.6 Å². The number of nitrogens with one attached hydrogen (secondary N) is 1. The lowest BCUT2D eigenvalue weighted by molar-refractivity contribution is -0.140. The Balaban J connectivity index is 2.32. The first-order chi connectivity index (χ1) is 8.27. The number of hydrogen-bond acceptors (Lipinski definition) is 4. The second-order valence-corrected chi connectivity index (χ2v) is 3.89. The molecule has 5 heteroatoms. The first-order valence-corrected chi connectivity index (χ1v) is 6.05. The molecule has 0 radical (unpaired) electrons. The van der Waals surface area contributed by atoms with Crippen LogP contribution in [-0.4, -0.2) is 29.2 Å². The molecule has 0 aliphatic rings. The van der Waals surface area contributed by atoms with Crippen molar-refractivity contribution in [1.82, 2.24) is 14.9 Å². The number of nitrogens with zero attached hydrogens (tertiary/aromatic N) is 2. The number of hydrogen-bond donors (Lipinski definition) is 1. The molecule has 0 spiro atoms. The minimum atomic E-state index is -0.157. The summed E-state index contributed by atoms with van der Waals surface area (Å²) in [5.41, 5.74) is 0. The molecule has 0 saturated heterocycles. The fourth-order valence-electron chi connectivity index (χ4n) is 1.58. The Morgan fingerprint density at radius 1 is 1.59 bits per heavy atom. The van der Waals surface area contributed by atoms with Crippen LogP contribution in [0.1, 0.15) is 32.0 Å². The molecule has 0 aliphatic carbocycles. The summed E-state index contributed by atoms with van der Waals surface area (Å²) in [7, 11) is 1.42. The van der Waals surface area contributed by atoms with Crippen LogP contribution >= 0.6 is 0 Å². The van der Waals surface area contributed by atoms with E-state index in [9.17, 15) is 4.79 Å². The summed E-state index contributed by atoms with van der Waals surface area (Å²) in [6.07, 6.45) is 6.09. The molecule has 0 aliphatic heterocycles. The van der Waals surface area contributed by atoms with Crippen molar-refractivity contribution in [3.05, 3.63) is 18.2 Å². The number of imidazole rings is 1. The smallest absolute Gasteiger partial charge is 0.305 e. The van der Waals surface area contributed by atoms with E-state index in [0.717, 1.165) is 38.3 Å². The molecular weight excluding hydrogens is 218 g/mol. The summed E-state index contributed by atoms with van der Waals surface area (Å²) in [6, 6.07) is 0. The van der Waals surface area contributed by atoms with Crippen LogP contribution in [0, 0.1) is 0 Å². The maximum absolute atomic E-state index is 11.0. The third-order valence-electron chi connectivity index (χ3n) is 2.52. The Bertz CT molecular complexity index is 336. The number of rotatable bonds is 8. The fraction of sp³-hybridized carbons (Fsp3) is 0.667. The normalized spacial score (nSPS) is 10.5. The van der Waals surface area contributed by atoms with Crippen LogP contribution in [0.2, 0.25) is 0 Å². The van der Waals surface area contributed by atoms with Gasteiger partial charge in [0.2, 0.25) is 0 Å². The van der Waals surface area contributed by atoms with Gasteiger partial charge in [-0.1, -0.05) is 6.92 Å². The van der Waals surface area contributed by atoms with Crippen molar-refractivity contribution in [2.24, 2.45) is 0 Å². The SMILES string of the molecule is CCCNCc1nccn1CCCC(=O)OC. The highest BCUT2D eigenvalue weighted by Gasteiger charge is 2.04. The van der Waals surface area contributed by atoms with Gasteiger partial charge in [-0.15, -0.1) is 0 Å². The zero-order valence-electron chi connectivity index (χ0n) is 10.6. The summed E-state index contributed by atoms with van der Waals surface area (Å²) >= 11 is 0. The predicted molar refractivity (Wildman–Crippen MR) is 65.5 cm³/mol. The third kappa shape index (κ3) is 4.99. The molecule has 1 aromatic heterocycles. The third-order valence-corrected chi connectivity index (χ3v) is 2.52. The van der Waals surface area contributed by atoms with E-state index in [0.29, 0.717) is 6.42 Å². The molecule has 96 valence electrons. The second kappa shape index (κ2) is 7.84. The maximum atomic E-state index is 11.0. The molecule has 0 saturated carbocycles. The van der Waals surface area contributed by atoms with Crippen LogP contribution in [0.3, 0.4) is 0 Å². The van der Waals surface area contributed by atoms with Crippen molar-refractivity contribution in [2.75, 3.05) is 13.7 Å². The van der Waals surface area contributed by atoms with E-state index in [4.69, 9.17) is 0 Å². The molecule has 0 atom stereocenters. The van der Waals surface area contributed by atoms with Gasteiger partial charge >= 0.3 is 5.97 Å². The van der Waals surface area contributed by atoms with Crippen LogP contribution in [0.25, 0.3) is 0 Å². The molecular formula is C12H21N3O2. The largest absolute Gasteiger partial charge is 0.469 e. The van der Waals surface area contributed by atoms with Gasteiger partial charge in [0.05, 0.1) is 13.7 Å². The fourth-order valence-corrected chi connectivity index (χ4v) is 1.58. The molecule has 0 fully saturated rings. The highest BCUT2D eigenvalue weighted by Crippen LogP contribution is 2.02. The summed E-state index contributed by atoms with van der Waals surface area (Å²) in [4.78, 5) is 15.3. The topological polar surface area (TPSA) is 56.2 Å². The van der Waals surface area contributed by atoms with E-state index in [1.165, 1.54) is 7.11 Å². The first-order valence-electron chi connectivity index (χ1n) is 6.05. The average Bonchev–Trinajstić information content (AvgIpc) is 2.77. The quantitative estimate of drug-likeness (QED) is 0.549. The van der Waals surface area contributed by atoms with Gasteiger partial charge in [-0.3, -0.25) is 4.79 Å². The van der Waals surface area contributed by atoms with E-state index in [1.54, 1.807) is 6.20 Å².